The molecular formula is C19H21Cl2NO. The third-order valence-corrected chi connectivity index (χ3v) is 4.90. The van der Waals surface area contributed by atoms with Gasteiger partial charge in [-0.15, -0.1) is 0 Å². The molecule has 2 aromatic carbocycles. The summed E-state index contributed by atoms with van der Waals surface area (Å²) >= 11 is 12.3. The van der Waals surface area contributed by atoms with Gasteiger partial charge in [-0.05, 0) is 37.1 Å². The van der Waals surface area contributed by atoms with E-state index in [1.807, 2.05) is 42.5 Å². The van der Waals surface area contributed by atoms with Gasteiger partial charge in [0.05, 0.1) is 0 Å². The van der Waals surface area contributed by atoms with Gasteiger partial charge in [-0.25, -0.2) is 0 Å². The van der Waals surface area contributed by atoms with Gasteiger partial charge in [0, 0.05) is 33.8 Å². The van der Waals surface area contributed by atoms with Crippen molar-refractivity contribution < 1.29 is 4.74 Å². The van der Waals surface area contributed by atoms with Crippen molar-refractivity contribution >= 4 is 23.2 Å². The van der Waals surface area contributed by atoms with Crippen LogP contribution >= 0.6 is 23.2 Å². The van der Waals surface area contributed by atoms with Crippen LogP contribution in [0.15, 0.2) is 42.5 Å². The maximum Gasteiger partial charge on any atom is 0.124 e. The third kappa shape index (κ3) is 4.63. The molecule has 122 valence electrons. The van der Waals surface area contributed by atoms with Crippen LogP contribution in [0.5, 0.6) is 5.75 Å². The molecule has 0 heterocycles. The molecule has 23 heavy (non-hydrogen) atoms. The van der Waals surface area contributed by atoms with E-state index in [2.05, 4.69) is 5.32 Å². The molecule has 2 nitrogen and oxygen atoms in total. The predicted octanol–water partition coefficient (Wildman–Crippen LogP) is 5.60. The van der Waals surface area contributed by atoms with Gasteiger partial charge in [0.25, 0.3) is 0 Å². The summed E-state index contributed by atoms with van der Waals surface area (Å²) in [5, 5.41) is 5.07. The highest BCUT2D eigenvalue weighted by molar-refractivity contribution is 6.31. The van der Waals surface area contributed by atoms with Crippen molar-refractivity contribution in [2.24, 2.45) is 0 Å². The summed E-state index contributed by atoms with van der Waals surface area (Å²) in [7, 11) is 0. The molecule has 1 aliphatic rings. The number of nitrogens with one attached hydrogen (secondary N) is 1. The smallest absolute Gasteiger partial charge is 0.124 e. The Labute approximate surface area is 147 Å². The average Bonchev–Trinajstić information content (AvgIpc) is 3.07. The number of benzene rings is 2. The minimum absolute atomic E-state index is 0.456. The highest BCUT2D eigenvalue weighted by atomic mass is 35.5. The van der Waals surface area contributed by atoms with Crippen molar-refractivity contribution in [1.82, 2.24) is 5.32 Å². The van der Waals surface area contributed by atoms with Gasteiger partial charge < -0.3 is 10.1 Å². The van der Waals surface area contributed by atoms with Crippen molar-refractivity contribution in [3.8, 4) is 5.75 Å². The molecule has 0 spiro atoms. The molecule has 0 bridgehead atoms. The number of ether oxygens (including phenoxy) is 1. The van der Waals surface area contributed by atoms with Gasteiger partial charge in [0.1, 0.15) is 12.4 Å². The van der Waals surface area contributed by atoms with E-state index in [9.17, 15) is 0 Å². The Morgan fingerprint density at radius 2 is 1.78 bits per heavy atom. The lowest BCUT2D eigenvalue weighted by Crippen LogP contribution is -2.25. The van der Waals surface area contributed by atoms with Crippen LogP contribution in [0.2, 0.25) is 10.0 Å². The average molecular weight is 350 g/mol. The first-order valence-corrected chi connectivity index (χ1v) is 8.86. The molecule has 0 aromatic heterocycles. The molecular weight excluding hydrogens is 329 g/mol. The minimum atomic E-state index is 0.456. The van der Waals surface area contributed by atoms with Crippen molar-refractivity contribution in [3.63, 3.8) is 0 Å². The highest BCUT2D eigenvalue weighted by Gasteiger charge is 2.15. The zero-order chi connectivity index (χ0) is 16.1. The Kier molecular flexibility index (Phi) is 5.82. The molecule has 1 aliphatic carbocycles. The Morgan fingerprint density at radius 1 is 1.00 bits per heavy atom. The summed E-state index contributed by atoms with van der Waals surface area (Å²) in [6.07, 6.45) is 5.17. The molecule has 0 aliphatic heterocycles. The van der Waals surface area contributed by atoms with E-state index in [1.54, 1.807) is 0 Å². The predicted molar refractivity (Wildman–Crippen MR) is 96.3 cm³/mol. The summed E-state index contributed by atoms with van der Waals surface area (Å²) in [5.41, 5.74) is 2.08. The normalized spacial score (nSPS) is 15.0. The molecule has 0 unspecified atom stereocenters. The molecule has 1 N–H and O–H groups in total. The van der Waals surface area contributed by atoms with Gasteiger partial charge in [-0.1, -0.05) is 54.2 Å². The van der Waals surface area contributed by atoms with E-state index in [0.29, 0.717) is 12.6 Å². The Bertz CT molecular complexity index is 654. The molecule has 2 aromatic rings. The molecule has 1 fully saturated rings. The number of rotatable bonds is 6. The van der Waals surface area contributed by atoms with Gasteiger partial charge in [0.2, 0.25) is 0 Å². The topological polar surface area (TPSA) is 21.3 Å². The van der Waals surface area contributed by atoms with Crippen molar-refractivity contribution in [1.29, 1.82) is 0 Å². The first-order chi connectivity index (χ1) is 11.2. The largest absolute Gasteiger partial charge is 0.489 e. The van der Waals surface area contributed by atoms with Crippen LogP contribution in [0.1, 0.15) is 36.8 Å². The molecule has 0 saturated heterocycles. The first kappa shape index (κ1) is 16.6. The molecule has 0 atom stereocenters. The first-order valence-electron chi connectivity index (χ1n) is 8.10. The second-order valence-electron chi connectivity index (χ2n) is 5.99. The second kappa shape index (κ2) is 8.05. The standard InChI is InChI=1S/C19H21Cl2NO/c20-16-9-10-19(23-13-14-5-1-4-8-18(14)21)15(11-16)12-22-17-6-2-3-7-17/h1,4-5,8-11,17,22H,2-3,6-7,12-13H2. The van der Waals surface area contributed by atoms with Crippen LogP contribution in [0.4, 0.5) is 0 Å². The molecule has 3 rings (SSSR count). The maximum absolute atomic E-state index is 6.19. The SMILES string of the molecule is Clc1ccc(OCc2ccccc2Cl)c(CNC2CCCC2)c1. The van der Waals surface area contributed by atoms with Gasteiger partial charge in [-0.3, -0.25) is 0 Å². The van der Waals surface area contributed by atoms with E-state index in [1.165, 1.54) is 25.7 Å². The minimum Gasteiger partial charge on any atom is -0.489 e. The van der Waals surface area contributed by atoms with Crippen LogP contribution in [-0.2, 0) is 13.2 Å². The van der Waals surface area contributed by atoms with Gasteiger partial charge in [-0.2, -0.15) is 0 Å². The zero-order valence-electron chi connectivity index (χ0n) is 13.0. The lowest BCUT2D eigenvalue weighted by molar-refractivity contribution is 0.301. The fourth-order valence-corrected chi connectivity index (χ4v) is 3.37. The van der Waals surface area contributed by atoms with Gasteiger partial charge in [0.15, 0.2) is 0 Å². The molecule has 0 radical (unpaired) electrons. The fraction of sp³-hybridized carbons (Fsp3) is 0.368. The summed E-state index contributed by atoms with van der Waals surface area (Å²) in [6, 6.07) is 14.1. The fourth-order valence-electron chi connectivity index (χ4n) is 2.98. The second-order valence-corrected chi connectivity index (χ2v) is 6.84. The third-order valence-electron chi connectivity index (χ3n) is 4.30. The lowest BCUT2D eigenvalue weighted by Gasteiger charge is -2.16. The molecule has 4 heteroatoms. The Morgan fingerprint density at radius 3 is 2.57 bits per heavy atom. The van der Waals surface area contributed by atoms with Gasteiger partial charge >= 0.3 is 0 Å². The van der Waals surface area contributed by atoms with Crippen molar-refractivity contribution in [2.75, 3.05) is 0 Å². The molecule has 0 amide bonds. The quantitative estimate of drug-likeness (QED) is 0.732. The summed E-state index contributed by atoms with van der Waals surface area (Å²) in [4.78, 5) is 0. The summed E-state index contributed by atoms with van der Waals surface area (Å²) in [6.45, 7) is 1.24. The monoisotopic (exact) mass is 349 g/mol. The van der Waals surface area contributed by atoms with Crippen molar-refractivity contribution in [2.45, 2.75) is 44.9 Å². The van der Waals surface area contributed by atoms with Crippen LogP contribution < -0.4 is 10.1 Å². The van der Waals surface area contributed by atoms with Crippen LogP contribution in [0.25, 0.3) is 0 Å². The number of halogens is 2. The van der Waals surface area contributed by atoms with E-state index < -0.39 is 0 Å². The lowest BCUT2D eigenvalue weighted by atomic mass is 10.1. The van der Waals surface area contributed by atoms with Crippen LogP contribution in [0.3, 0.4) is 0 Å². The van der Waals surface area contributed by atoms with E-state index in [0.717, 1.165) is 33.5 Å². The number of hydrogen-bond acceptors (Lipinski definition) is 2. The van der Waals surface area contributed by atoms with E-state index in [-0.39, 0.29) is 0 Å². The maximum atomic E-state index is 6.19. The van der Waals surface area contributed by atoms with E-state index >= 15 is 0 Å². The van der Waals surface area contributed by atoms with E-state index in [4.69, 9.17) is 27.9 Å². The number of hydrogen-bond donors (Lipinski definition) is 1. The van der Waals surface area contributed by atoms with Crippen LogP contribution in [-0.4, -0.2) is 6.04 Å². The summed E-state index contributed by atoms with van der Waals surface area (Å²) in [5.74, 6) is 0.861. The Balaban J connectivity index is 1.67. The van der Waals surface area contributed by atoms with Crippen molar-refractivity contribution in [3.05, 3.63) is 63.6 Å². The molecule has 1 saturated carbocycles. The zero-order valence-corrected chi connectivity index (χ0v) is 14.5. The Hall–Kier alpha value is -1.22. The summed E-state index contributed by atoms with van der Waals surface area (Å²) < 4.78 is 5.99. The highest BCUT2D eigenvalue weighted by Crippen LogP contribution is 2.26. The van der Waals surface area contributed by atoms with Crippen LogP contribution in [0, 0.1) is 0 Å².